The lowest BCUT2D eigenvalue weighted by Crippen LogP contribution is -2.22. The maximum absolute atomic E-state index is 12.0. The van der Waals surface area contributed by atoms with Crippen molar-refractivity contribution in [3.63, 3.8) is 0 Å². The summed E-state index contributed by atoms with van der Waals surface area (Å²) in [5.41, 5.74) is 3.49. The Labute approximate surface area is 138 Å². The van der Waals surface area contributed by atoms with Crippen LogP contribution in [0.5, 0.6) is 0 Å². The van der Waals surface area contributed by atoms with E-state index in [1.54, 1.807) is 30.5 Å². The molecule has 2 aromatic carbocycles. The summed E-state index contributed by atoms with van der Waals surface area (Å²) in [6.45, 7) is 0. The Bertz CT molecular complexity index is 701. The molecule has 0 aliphatic heterocycles. The minimum absolute atomic E-state index is 0.268. The Balaban J connectivity index is 1.75. The highest BCUT2D eigenvalue weighted by Gasteiger charge is 2.66. The zero-order valence-corrected chi connectivity index (χ0v) is 13.2. The van der Waals surface area contributed by atoms with E-state index >= 15 is 0 Å². The highest BCUT2D eigenvalue weighted by molar-refractivity contribution is 6.53. The van der Waals surface area contributed by atoms with Gasteiger partial charge in [-0.15, -0.1) is 23.2 Å². The fourth-order valence-electron chi connectivity index (χ4n) is 2.42. The first kappa shape index (κ1) is 15.1. The number of hydrazone groups is 1. The van der Waals surface area contributed by atoms with E-state index in [4.69, 9.17) is 23.2 Å². The molecular weight excluding hydrogens is 319 g/mol. The molecule has 1 atom stereocenters. The second-order valence-electron chi connectivity index (χ2n) is 5.28. The molecule has 5 heteroatoms. The highest BCUT2D eigenvalue weighted by atomic mass is 35.5. The fraction of sp³-hybridized carbons (Fsp3) is 0.176. The van der Waals surface area contributed by atoms with Gasteiger partial charge in [-0.2, -0.15) is 5.10 Å². The number of alkyl halides is 2. The third-order valence-corrected chi connectivity index (χ3v) is 4.75. The Kier molecular flexibility index (Phi) is 3.94. The number of hydrogen-bond donors (Lipinski definition) is 1. The van der Waals surface area contributed by atoms with Crippen LogP contribution in [0.4, 0.5) is 0 Å². The van der Waals surface area contributed by atoms with Gasteiger partial charge in [-0.1, -0.05) is 48.5 Å². The number of benzene rings is 2. The monoisotopic (exact) mass is 332 g/mol. The van der Waals surface area contributed by atoms with Gasteiger partial charge in [-0.25, -0.2) is 5.43 Å². The predicted octanol–water partition coefficient (Wildman–Crippen LogP) is 3.92. The van der Waals surface area contributed by atoms with Gasteiger partial charge in [0.05, 0.1) is 5.41 Å². The molecule has 0 aromatic heterocycles. The molecule has 0 unspecified atom stereocenters. The van der Waals surface area contributed by atoms with Gasteiger partial charge in [0, 0.05) is 11.8 Å². The Hall–Kier alpha value is -1.84. The van der Waals surface area contributed by atoms with Gasteiger partial charge in [0.1, 0.15) is 4.33 Å². The molecule has 2 aromatic rings. The first-order chi connectivity index (χ1) is 10.6. The lowest BCUT2D eigenvalue weighted by atomic mass is 9.97. The Morgan fingerprint density at radius 2 is 1.59 bits per heavy atom. The summed E-state index contributed by atoms with van der Waals surface area (Å²) in [6, 6.07) is 18.6. The van der Waals surface area contributed by atoms with Gasteiger partial charge < -0.3 is 0 Å². The lowest BCUT2D eigenvalue weighted by molar-refractivity contribution is 0.0955. The molecule has 3 rings (SSSR count). The first-order valence-electron chi connectivity index (χ1n) is 6.88. The summed E-state index contributed by atoms with van der Waals surface area (Å²) in [7, 11) is 0. The largest absolute Gasteiger partial charge is 0.271 e. The van der Waals surface area contributed by atoms with E-state index in [2.05, 4.69) is 10.5 Å². The predicted molar refractivity (Wildman–Crippen MR) is 89.6 cm³/mol. The maximum atomic E-state index is 12.0. The van der Waals surface area contributed by atoms with Crippen molar-refractivity contribution in [1.29, 1.82) is 0 Å². The molecule has 0 heterocycles. The van der Waals surface area contributed by atoms with Crippen LogP contribution in [0.2, 0.25) is 0 Å². The standard InChI is InChI=1S/C17H14Cl2N2O/c18-17(19)11-16(17,14-9-5-2-6-10-14)12-20-21-15(22)13-7-3-1-4-8-13/h1-10,12H,11H2,(H,21,22)/b20-12-/t16-/m1/s1. The normalized spacial score (nSPS) is 22.5. The van der Waals surface area contributed by atoms with Crippen molar-refractivity contribution in [1.82, 2.24) is 5.43 Å². The summed E-state index contributed by atoms with van der Waals surface area (Å²) in [5, 5.41) is 4.06. The molecule has 1 saturated carbocycles. The van der Waals surface area contributed by atoms with Gasteiger partial charge in [0.2, 0.25) is 0 Å². The van der Waals surface area contributed by atoms with Gasteiger partial charge >= 0.3 is 0 Å². The SMILES string of the molecule is O=C(N/N=C\[C@@]1(c2ccccc2)CC1(Cl)Cl)c1ccccc1. The Morgan fingerprint density at radius 1 is 1.05 bits per heavy atom. The van der Waals surface area contributed by atoms with Gasteiger partial charge in [0.15, 0.2) is 0 Å². The maximum Gasteiger partial charge on any atom is 0.271 e. The Morgan fingerprint density at radius 3 is 2.14 bits per heavy atom. The number of halogens is 2. The number of nitrogens with one attached hydrogen (secondary N) is 1. The topological polar surface area (TPSA) is 41.5 Å². The molecule has 1 aliphatic carbocycles. The van der Waals surface area contributed by atoms with E-state index in [1.807, 2.05) is 36.4 Å². The molecule has 0 bridgehead atoms. The lowest BCUT2D eigenvalue weighted by Gasteiger charge is -2.13. The molecule has 1 fully saturated rings. The minimum atomic E-state index is -0.894. The molecule has 1 amide bonds. The summed E-state index contributed by atoms with van der Waals surface area (Å²) < 4.78 is -0.894. The molecule has 0 spiro atoms. The van der Waals surface area contributed by atoms with Crippen LogP contribution in [0.3, 0.4) is 0 Å². The highest BCUT2D eigenvalue weighted by Crippen LogP contribution is 2.63. The van der Waals surface area contributed by atoms with E-state index in [0.29, 0.717) is 12.0 Å². The number of nitrogens with zero attached hydrogens (tertiary/aromatic N) is 1. The van der Waals surface area contributed by atoms with E-state index in [9.17, 15) is 4.79 Å². The molecule has 3 nitrogen and oxygen atoms in total. The molecule has 1 aliphatic rings. The van der Waals surface area contributed by atoms with E-state index in [-0.39, 0.29) is 5.91 Å². The summed E-state index contributed by atoms with van der Waals surface area (Å²) in [6.07, 6.45) is 2.20. The van der Waals surface area contributed by atoms with Gasteiger partial charge in [0.25, 0.3) is 5.91 Å². The quantitative estimate of drug-likeness (QED) is 0.514. The van der Waals surface area contributed by atoms with Crippen molar-refractivity contribution in [3.8, 4) is 0 Å². The van der Waals surface area contributed by atoms with Gasteiger partial charge in [-0.05, 0) is 24.1 Å². The molecule has 112 valence electrons. The summed E-state index contributed by atoms with van der Waals surface area (Å²) >= 11 is 12.6. The summed E-state index contributed by atoms with van der Waals surface area (Å²) in [5.74, 6) is -0.268. The average molecular weight is 333 g/mol. The second kappa shape index (κ2) is 5.75. The van der Waals surface area contributed by atoms with Crippen LogP contribution in [-0.2, 0) is 5.41 Å². The number of amides is 1. The van der Waals surface area contributed by atoms with E-state index < -0.39 is 9.75 Å². The smallest absolute Gasteiger partial charge is 0.267 e. The third-order valence-electron chi connectivity index (χ3n) is 3.80. The van der Waals surface area contributed by atoms with Crippen molar-refractivity contribution in [2.75, 3.05) is 0 Å². The molecule has 0 radical (unpaired) electrons. The number of carbonyl (C=O) groups excluding carboxylic acids is 1. The zero-order chi connectivity index (χ0) is 15.6. The molecular formula is C17H14Cl2N2O. The minimum Gasteiger partial charge on any atom is -0.267 e. The van der Waals surface area contributed by atoms with Crippen molar-refractivity contribution in [2.24, 2.45) is 5.10 Å². The fourth-order valence-corrected chi connectivity index (χ4v) is 3.16. The van der Waals surface area contributed by atoms with Crippen molar-refractivity contribution in [3.05, 3.63) is 71.8 Å². The van der Waals surface area contributed by atoms with Crippen LogP contribution >= 0.6 is 23.2 Å². The van der Waals surface area contributed by atoms with Crippen LogP contribution in [-0.4, -0.2) is 16.5 Å². The van der Waals surface area contributed by atoms with E-state index in [0.717, 1.165) is 5.56 Å². The van der Waals surface area contributed by atoms with Crippen LogP contribution < -0.4 is 5.43 Å². The number of carbonyl (C=O) groups is 1. The number of hydrogen-bond acceptors (Lipinski definition) is 2. The zero-order valence-electron chi connectivity index (χ0n) is 11.7. The van der Waals surface area contributed by atoms with Crippen molar-refractivity contribution in [2.45, 2.75) is 16.2 Å². The van der Waals surface area contributed by atoms with Crippen molar-refractivity contribution < 1.29 is 4.79 Å². The van der Waals surface area contributed by atoms with Crippen molar-refractivity contribution >= 4 is 35.3 Å². The van der Waals surface area contributed by atoms with E-state index in [1.165, 1.54) is 0 Å². The van der Waals surface area contributed by atoms with Crippen LogP contribution in [0.25, 0.3) is 0 Å². The second-order valence-corrected chi connectivity index (χ2v) is 6.77. The summed E-state index contributed by atoms with van der Waals surface area (Å²) in [4.78, 5) is 12.0. The third kappa shape index (κ3) is 2.74. The number of rotatable bonds is 4. The van der Waals surface area contributed by atoms with Crippen LogP contribution in [0.1, 0.15) is 22.3 Å². The molecule has 1 N–H and O–H groups in total. The van der Waals surface area contributed by atoms with Crippen LogP contribution in [0.15, 0.2) is 65.8 Å². The van der Waals surface area contributed by atoms with Gasteiger partial charge in [-0.3, -0.25) is 4.79 Å². The van der Waals surface area contributed by atoms with Crippen LogP contribution in [0, 0.1) is 0 Å². The average Bonchev–Trinajstić information content (AvgIpc) is 3.11. The first-order valence-corrected chi connectivity index (χ1v) is 7.64. The molecule has 22 heavy (non-hydrogen) atoms. The molecule has 0 saturated heterocycles.